The van der Waals surface area contributed by atoms with Gasteiger partial charge in [-0.05, 0) is 60.9 Å². The van der Waals surface area contributed by atoms with Crippen molar-refractivity contribution in [2.75, 3.05) is 44.4 Å². The van der Waals surface area contributed by atoms with E-state index in [0.717, 1.165) is 67.5 Å². The Bertz CT molecular complexity index is 1120. The van der Waals surface area contributed by atoms with Crippen molar-refractivity contribution >= 4 is 11.5 Å². The summed E-state index contributed by atoms with van der Waals surface area (Å²) in [5.41, 5.74) is 4.45. The molecule has 1 saturated heterocycles. The molecule has 0 aliphatic carbocycles. The number of ketones is 1. The number of Topliss-reactive ketones (excluding diaryl/α,β-unsaturated/α-hetero) is 1. The second kappa shape index (κ2) is 10.2. The molecule has 3 aromatic rings. The van der Waals surface area contributed by atoms with E-state index in [2.05, 4.69) is 46.2 Å². The van der Waals surface area contributed by atoms with Gasteiger partial charge in [0.05, 0.1) is 0 Å². The molecule has 0 aromatic heterocycles. The highest BCUT2D eigenvalue weighted by Gasteiger charge is 2.17. The average Bonchev–Trinajstić information content (AvgIpc) is 3.35. The number of benzene rings is 3. The predicted molar refractivity (Wildman–Crippen MR) is 132 cm³/mol. The first-order chi connectivity index (χ1) is 16.6. The number of rotatable bonds is 8. The number of anilines is 1. The lowest BCUT2D eigenvalue weighted by Crippen LogP contribution is -2.47. The summed E-state index contributed by atoms with van der Waals surface area (Å²) in [7, 11) is 0. The zero-order chi connectivity index (χ0) is 23.3. The molecule has 0 spiro atoms. The number of hydrogen-bond donors (Lipinski definition) is 0. The van der Waals surface area contributed by atoms with Crippen molar-refractivity contribution in [2.45, 2.75) is 20.0 Å². The molecule has 2 heterocycles. The molecule has 2 aliphatic heterocycles. The van der Waals surface area contributed by atoms with E-state index in [-0.39, 0.29) is 12.6 Å². The Morgan fingerprint density at radius 1 is 0.853 bits per heavy atom. The van der Waals surface area contributed by atoms with Crippen molar-refractivity contribution in [2.24, 2.45) is 0 Å². The van der Waals surface area contributed by atoms with Crippen molar-refractivity contribution < 1.29 is 19.0 Å². The molecule has 6 nitrogen and oxygen atoms in total. The fourth-order valence-electron chi connectivity index (χ4n) is 4.36. The minimum absolute atomic E-state index is 0.113. The number of ether oxygens (including phenoxy) is 3. The van der Waals surface area contributed by atoms with E-state index in [0.29, 0.717) is 6.61 Å². The van der Waals surface area contributed by atoms with Gasteiger partial charge in [0, 0.05) is 50.0 Å². The normalized spacial score (nSPS) is 15.4. The third kappa shape index (κ3) is 5.34. The number of piperazine rings is 1. The molecule has 2 aliphatic rings. The van der Waals surface area contributed by atoms with E-state index in [1.54, 1.807) is 6.92 Å². The van der Waals surface area contributed by atoms with Crippen molar-refractivity contribution in [1.29, 1.82) is 0 Å². The summed E-state index contributed by atoms with van der Waals surface area (Å²) in [6.45, 7) is 7.58. The Hall–Kier alpha value is -3.51. The summed E-state index contributed by atoms with van der Waals surface area (Å²) >= 11 is 0. The van der Waals surface area contributed by atoms with Crippen molar-refractivity contribution in [3.63, 3.8) is 0 Å². The first-order valence-corrected chi connectivity index (χ1v) is 11.8. The highest BCUT2D eigenvalue weighted by atomic mass is 16.7. The van der Waals surface area contributed by atoms with Gasteiger partial charge in [0.1, 0.15) is 12.4 Å². The molecule has 3 aromatic carbocycles. The molecule has 0 N–H and O–H groups in total. The molecule has 34 heavy (non-hydrogen) atoms. The molecule has 0 radical (unpaired) electrons. The highest BCUT2D eigenvalue weighted by Crippen LogP contribution is 2.35. The maximum atomic E-state index is 11.5. The zero-order valence-corrected chi connectivity index (χ0v) is 19.5. The van der Waals surface area contributed by atoms with E-state index in [4.69, 9.17) is 14.2 Å². The second-order valence-electron chi connectivity index (χ2n) is 8.80. The maximum Gasteiger partial charge on any atom is 0.231 e. The third-order valence-corrected chi connectivity index (χ3v) is 6.50. The molecule has 0 bridgehead atoms. The minimum Gasteiger partial charge on any atom is -0.489 e. The topological polar surface area (TPSA) is 51.2 Å². The monoisotopic (exact) mass is 458 g/mol. The van der Waals surface area contributed by atoms with Crippen LogP contribution in [0.15, 0.2) is 66.7 Å². The molecule has 5 rings (SSSR count). The van der Waals surface area contributed by atoms with Crippen LogP contribution in [0.4, 0.5) is 5.69 Å². The number of carbonyl (C=O) groups is 1. The van der Waals surface area contributed by atoms with Gasteiger partial charge in [-0.3, -0.25) is 9.69 Å². The molecule has 0 atom stereocenters. The van der Waals surface area contributed by atoms with Gasteiger partial charge in [0.15, 0.2) is 17.3 Å². The summed E-state index contributed by atoms with van der Waals surface area (Å²) in [5.74, 6) is 2.39. The lowest BCUT2D eigenvalue weighted by atomic mass is 10.1. The quantitative estimate of drug-likeness (QED) is 0.461. The van der Waals surface area contributed by atoms with E-state index < -0.39 is 0 Å². The summed E-state index contributed by atoms with van der Waals surface area (Å²) in [6, 6.07) is 22.3. The van der Waals surface area contributed by atoms with Crippen LogP contribution in [0.5, 0.6) is 17.2 Å². The lowest BCUT2D eigenvalue weighted by Gasteiger charge is -2.36. The Morgan fingerprint density at radius 2 is 1.56 bits per heavy atom. The first-order valence-electron chi connectivity index (χ1n) is 11.8. The summed E-state index contributed by atoms with van der Waals surface area (Å²) < 4.78 is 16.7. The number of nitrogens with zero attached hydrogens (tertiary/aromatic N) is 2. The molecular formula is C28H30N2O4. The molecule has 0 saturated carbocycles. The van der Waals surface area contributed by atoms with Crippen LogP contribution in [-0.2, 0) is 13.0 Å². The molecular weight excluding hydrogens is 428 g/mol. The van der Waals surface area contributed by atoms with Gasteiger partial charge < -0.3 is 19.1 Å². The van der Waals surface area contributed by atoms with Crippen LogP contribution in [0.1, 0.15) is 28.4 Å². The zero-order valence-electron chi connectivity index (χ0n) is 19.5. The van der Waals surface area contributed by atoms with Crippen LogP contribution in [0.3, 0.4) is 0 Å². The second-order valence-corrected chi connectivity index (χ2v) is 8.80. The number of hydrogen-bond acceptors (Lipinski definition) is 6. The average molecular weight is 459 g/mol. The summed E-state index contributed by atoms with van der Waals surface area (Å²) in [4.78, 5) is 16.4. The van der Waals surface area contributed by atoms with Gasteiger partial charge >= 0.3 is 0 Å². The maximum absolute atomic E-state index is 11.5. The van der Waals surface area contributed by atoms with E-state index in [1.807, 2.05) is 30.3 Å². The van der Waals surface area contributed by atoms with Gasteiger partial charge in [0.25, 0.3) is 0 Å². The van der Waals surface area contributed by atoms with Crippen LogP contribution in [0, 0.1) is 0 Å². The van der Waals surface area contributed by atoms with Crippen LogP contribution >= 0.6 is 0 Å². The van der Waals surface area contributed by atoms with Crippen molar-refractivity contribution in [3.8, 4) is 17.2 Å². The number of carbonyl (C=O) groups excluding carboxylic acids is 1. The highest BCUT2D eigenvalue weighted by molar-refractivity contribution is 5.94. The van der Waals surface area contributed by atoms with Gasteiger partial charge in [-0.2, -0.15) is 0 Å². The Kier molecular flexibility index (Phi) is 6.67. The first kappa shape index (κ1) is 22.3. The SMILES string of the molecule is CC(=O)c1ccc(N2CCN(CCc3ccc(COc4ccc5c(c4)OCO5)cc3)CC2)cc1. The van der Waals surface area contributed by atoms with Gasteiger partial charge in [-0.25, -0.2) is 0 Å². The van der Waals surface area contributed by atoms with Crippen LogP contribution in [0.25, 0.3) is 0 Å². The molecule has 176 valence electrons. The van der Waals surface area contributed by atoms with Gasteiger partial charge in [-0.15, -0.1) is 0 Å². The standard InChI is InChI=1S/C28H30N2O4/c1-21(31)24-6-8-25(9-7-24)30-16-14-29(15-17-30)13-12-22-2-4-23(5-3-22)19-32-26-10-11-27-28(18-26)34-20-33-27/h2-11,18H,12-17,19-20H2,1H3. The fourth-order valence-corrected chi connectivity index (χ4v) is 4.36. The molecule has 0 unspecified atom stereocenters. The molecule has 0 amide bonds. The Morgan fingerprint density at radius 3 is 2.29 bits per heavy atom. The third-order valence-electron chi connectivity index (χ3n) is 6.50. The Labute approximate surface area is 200 Å². The molecule has 1 fully saturated rings. The van der Waals surface area contributed by atoms with Crippen molar-refractivity contribution in [1.82, 2.24) is 4.90 Å². The summed E-state index contributed by atoms with van der Waals surface area (Å²) in [6.07, 6.45) is 1.04. The van der Waals surface area contributed by atoms with Crippen LogP contribution < -0.4 is 19.1 Å². The fraction of sp³-hybridized carbons (Fsp3) is 0.321. The lowest BCUT2D eigenvalue weighted by molar-refractivity contribution is 0.101. The van der Waals surface area contributed by atoms with E-state index >= 15 is 0 Å². The minimum atomic E-state index is 0.113. The smallest absolute Gasteiger partial charge is 0.231 e. The van der Waals surface area contributed by atoms with Gasteiger partial charge in [0.2, 0.25) is 6.79 Å². The van der Waals surface area contributed by atoms with Crippen molar-refractivity contribution in [3.05, 3.63) is 83.4 Å². The van der Waals surface area contributed by atoms with E-state index in [1.165, 1.54) is 11.3 Å². The largest absolute Gasteiger partial charge is 0.489 e. The van der Waals surface area contributed by atoms with Crippen LogP contribution in [0.2, 0.25) is 0 Å². The van der Waals surface area contributed by atoms with E-state index in [9.17, 15) is 4.79 Å². The summed E-state index contributed by atoms with van der Waals surface area (Å²) in [5, 5.41) is 0. The molecule has 6 heteroatoms. The van der Waals surface area contributed by atoms with Crippen LogP contribution in [-0.4, -0.2) is 50.2 Å². The van der Waals surface area contributed by atoms with Gasteiger partial charge in [-0.1, -0.05) is 24.3 Å². The number of fused-ring (bicyclic) bond motifs is 1. The Balaban J connectivity index is 1.05. The predicted octanol–water partition coefficient (Wildman–Crippen LogP) is 4.56.